The molecule has 5 aliphatic heterocycles. The molecule has 0 aliphatic carbocycles. The van der Waals surface area contributed by atoms with Crippen molar-refractivity contribution >= 4 is 23.9 Å². The zero-order valence-electron chi connectivity index (χ0n) is 29.9. The first-order valence-electron chi connectivity index (χ1n) is 17.2. The number of ether oxygens (including phenoxy) is 10. The number of aliphatic hydroxyl groups is 8. The lowest BCUT2D eigenvalue weighted by Crippen LogP contribution is -2.60. The van der Waals surface area contributed by atoms with Crippen LogP contribution < -0.4 is 0 Å². The quantitative estimate of drug-likeness (QED) is 0.0650. The number of hydrogen-bond acceptors (Lipinski definition) is 22. The molecule has 0 bridgehead atoms. The lowest BCUT2D eigenvalue weighted by molar-refractivity contribution is -0.328. The maximum absolute atomic E-state index is 13.4. The summed E-state index contributed by atoms with van der Waals surface area (Å²) in [5.74, 6) is -6.21. The monoisotopic (exact) mass is 804 g/mol. The zero-order chi connectivity index (χ0) is 40.8. The van der Waals surface area contributed by atoms with Crippen molar-refractivity contribution in [3.63, 3.8) is 0 Å². The van der Waals surface area contributed by atoms with Gasteiger partial charge in [-0.15, -0.1) is 0 Å². The van der Waals surface area contributed by atoms with Crippen LogP contribution in [0.15, 0.2) is 47.0 Å². The SMILES string of the molecule is COC(=O)C1=CO[C@@H](O[C@@H]2O[C@H](CO)[C@@H](O)[C@H](O)[C@H]2O)/C2=C/COC(=O)C[C@H]3C(C(=O)OC)=CO[C@H](O[C@@H]4O[C@H](CO)[C@@H](O)[C@H](O)[C@H]4O)/C3=C/COC(=O)C[C@H]12. The molecule has 312 valence electrons. The van der Waals surface area contributed by atoms with Crippen LogP contribution in [0.1, 0.15) is 12.8 Å². The third-order valence-corrected chi connectivity index (χ3v) is 9.66. The molecule has 0 spiro atoms. The fourth-order valence-electron chi connectivity index (χ4n) is 6.57. The fourth-order valence-corrected chi connectivity index (χ4v) is 6.57. The largest absolute Gasteiger partial charge is 0.468 e. The minimum absolute atomic E-state index is 0.0305. The van der Waals surface area contributed by atoms with Gasteiger partial charge in [-0.2, -0.15) is 0 Å². The van der Waals surface area contributed by atoms with Crippen LogP contribution in [0.2, 0.25) is 0 Å². The van der Waals surface area contributed by atoms with Crippen molar-refractivity contribution < 1.29 is 107 Å². The molecule has 0 aromatic carbocycles. The van der Waals surface area contributed by atoms with Crippen molar-refractivity contribution in [1.82, 2.24) is 0 Å². The summed E-state index contributed by atoms with van der Waals surface area (Å²) in [5.41, 5.74) is -0.473. The summed E-state index contributed by atoms with van der Waals surface area (Å²) >= 11 is 0. The molecule has 2 fully saturated rings. The van der Waals surface area contributed by atoms with Gasteiger partial charge in [-0.25, -0.2) is 9.59 Å². The lowest BCUT2D eigenvalue weighted by atomic mass is 9.85. The first-order valence-corrected chi connectivity index (χ1v) is 17.2. The van der Waals surface area contributed by atoms with Gasteiger partial charge in [-0.3, -0.25) is 9.59 Å². The van der Waals surface area contributed by atoms with Crippen LogP contribution in [0.25, 0.3) is 0 Å². The van der Waals surface area contributed by atoms with E-state index in [-0.39, 0.29) is 22.3 Å². The second kappa shape index (κ2) is 18.9. The highest BCUT2D eigenvalue weighted by Crippen LogP contribution is 2.39. The Morgan fingerprint density at radius 3 is 1.34 bits per heavy atom. The zero-order valence-corrected chi connectivity index (χ0v) is 29.9. The van der Waals surface area contributed by atoms with Gasteiger partial charge in [0.15, 0.2) is 12.6 Å². The average Bonchev–Trinajstić information content (AvgIpc) is 3.19. The summed E-state index contributed by atoms with van der Waals surface area (Å²) < 4.78 is 54.3. The van der Waals surface area contributed by atoms with E-state index in [1.165, 1.54) is 12.2 Å². The van der Waals surface area contributed by atoms with Gasteiger partial charge in [0, 0.05) is 23.0 Å². The molecule has 22 nitrogen and oxygen atoms in total. The van der Waals surface area contributed by atoms with Crippen LogP contribution in [-0.2, 0) is 66.5 Å². The van der Waals surface area contributed by atoms with Crippen LogP contribution >= 0.6 is 0 Å². The van der Waals surface area contributed by atoms with Crippen molar-refractivity contribution in [2.75, 3.05) is 40.6 Å². The van der Waals surface area contributed by atoms with Gasteiger partial charge in [0.05, 0.1) is 63.9 Å². The van der Waals surface area contributed by atoms with Crippen LogP contribution in [0.3, 0.4) is 0 Å². The summed E-state index contributed by atoms with van der Waals surface area (Å²) in [5, 5.41) is 81.4. The first-order chi connectivity index (χ1) is 26.7. The molecule has 0 unspecified atom stereocenters. The molecule has 2 saturated heterocycles. The second-order valence-electron chi connectivity index (χ2n) is 13.0. The Morgan fingerprint density at radius 1 is 0.625 bits per heavy atom. The van der Waals surface area contributed by atoms with Gasteiger partial charge in [0.25, 0.3) is 0 Å². The Balaban J connectivity index is 1.46. The van der Waals surface area contributed by atoms with E-state index < -0.39 is 149 Å². The van der Waals surface area contributed by atoms with Gasteiger partial charge in [0.1, 0.15) is 62.0 Å². The predicted molar refractivity (Wildman–Crippen MR) is 174 cm³/mol. The number of hydrogen-bond donors (Lipinski definition) is 8. The molecule has 14 atom stereocenters. The molecule has 5 heterocycles. The number of carbonyl (C=O) groups is 4. The Kier molecular flexibility index (Phi) is 14.6. The number of methoxy groups -OCH3 is 2. The summed E-state index contributed by atoms with van der Waals surface area (Å²) in [7, 11) is 2.14. The molecule has 8 N–H and O–H groups in total. The molecule has 0 saturated carbocycles. The van der Waals surface area contributed by atoms with Crippen molar-refractivity contribution in [2.24, 2.45) is 11.8 Å². The molecular formula is C34H44O22. The fraction of sp³-hybridized carbons (Fsp3) is 0.647. The Labute approximate surface area is 317 Å². The van der Waals surface area contributed by atoms with E-state index in [0.29, 0.717) is 0 Å². The Bertz CT molecular complexity index is 1450. The average molecular weight is 805 g/mol. The van der Waals surface area contributed by atoms with Crippen molar-refractivity contribution in [3.8, 4) is 0 Å². The van der Waals surface area contributed by atoms with Gasteiger partial charge < -0.3 is 88.2 Å². The van der Waals surface area contributed by atoms with E-state index in [9.17, 15) is 60.0 Å². The summed E-state index contributed by atoms with van der Waals surface area (Å²) in [6.07, 6.45) is -17.0. The number of cyclic esters (lactones) is 2. The lowest BCUT2D eigenvalue weighted by Gasteiger charge is -2.42. The minimum Gasteiger partial charge on any atom is -0.468 e. The van der Waals surface area contributed by atoms with E-state index in [2.05, 4.69) is 0 Å². The number of aliphatic hydroxyl groups excluding tert-OH is 8. The van der Waals surface area contributed by atoms with E-state index in [1.54, 1.807) is 0 Å². The summed E-state index contributed by atoms with van der Waals surface area (Å²) in [6.45, 7) is -2.69. The minimum atomic E-state index is -1.87. The molecule has 5 rings (SSSR count). The second-order valence-corrected chi connectivity index (χ2v) is 13.0. The van der Waals surface area contributed by atoms with E-state index in [0.717, 1.165) is 26.7 Å². The number of fused-ring (bicyclic) bond motifs is 2. The van der Waals surface area contributed by atoms with Crippen molar-refractivity contribution in [2.45, 2.75) is 86.8 Å². The van der Waals surface area contributed by atoms with E-state index in [1.807, 2.05) is 0 Å². The summed E-state index contributed by atoms with van der Waals surface area (Å²) in [4.78, 5) is 52.6. The number of esters is 4. The smallest absolute Gasteiger partial charge is 0.337 e. The summed E-state index contributed by atoms with van der Waals surface area (Å²) in [6, 6.07) is 0. The maximum atomic E-state index is 13.4. The third kappa shape index (κ3) is 9.22. The van der Waals surface area contributed by atoms with Crippen LogP contribution in [0.4, 0.5) is 0 Å². The molecule has 0 aromatic rings. The number of carbonyl (C=O) groups excluding carboxylic acids is 4. The Hall–Kier alpha value is -4.04. The van der Waals surface area contributed by atoms with Crippen LogP contribution in [-0.4, -0.2) is 179 Å². The molecule has 22 heteroatoms. The molecule has 56 heavy (non-hydrogen) atoms. The highest BCUT2D eigenvalue weighted by Gasteiger charge is 2.49. The molecule has 0 radical (unpaired) electrons. The van der Waals surface area contributed by atoms with Gasteiger partial charge >= 0.3 is 23.9 Å². The first kappa shape index (κ1) is 43.1. The van der Waals surface area contributed by atoms with Crippen LogP contribution in [0.5, 0.6) is 0 Å². The highest BCUT2D eigenvalue weighted by molar-refractivity contribution is 5.91. The third-order valence-electron chi connectivity index (χ3n) is 9.66. The highest BCUT2D eigenvalue weighted by atomic mass is 16.8. The normalized spacial score (nSPS) is 40.0. The van der Waals surface area contributed by atoms with Gasteiger partial charge in [-0.1, -0.05) is 0 Å². The molecular weight excluding hydrogens is 760 g/mol. The molecule has 0 amide bonds. The van der Waals surface area contributed by atoms with Gasteiger partial charge in [0.2, 0.25) is 12.6 Å². The topological polar surface area (TPSA) is 322 Å². The van der Waals surface area contributed by atoms with Crippen molar-refractivity contribution in [3.05, 3.63) is 47.0 Å². The number of rotatable bonds is 8. The van der Waals surface area contributed by atoms with Crippen LogP contribution in [0, 0.1) is 11.8 Å². The molecule has 5 aliphatic rings. The standard InChI is InChI=1S/C34H44O22/c1-47-29(45)17-11-51-31(55-33-27(43)25(41)23(39)19(9-35)53-33)13-3-5-50-22(38)8-16-14(4-6-49-21(37)7-15(13)17)32(52-12-18(16)30(46)48-2)56-34-28(44)26(42)24(40)20(10-36)54-34/h3-4,11-12,15-16,19-20,23-28,31-36,39-44H,5-10H2,1-2H3/b13-3+,14-4+/t15-,16+,19-,20-,23-,24-,25+,26+,27-,28-,31-,32+,33+,34+/m1/s1. The van der Waals surface area contributed by atoms with E-state index >= 15 is 0 Å². The van der Waals surface area contributed by atoms with Gasteiger partial charge in [-0.05, 0) is 12.2 Å². The Morgan fingerprint density at radius 2 is 1.00 bits per heavy atom. The van der Waals surface area contributed by atoms with Crippen molar-refractivity contribution in [1.29, 1.82) is 0 Å². The van der Waals surface area contributed by atoms with E-state index in [4.69, 9.17) is 47.4 Å². The maximum Gasteiger partial charge on any atom is 0.337 e. The molecule has 0 aromatic heterocycles. The predicted octanol–water partition coefficient (Wildman–Crippen LogP) is -4.59.